The normalized spacial score (nSPS) is 28.4. The van der Waals surface area contributed by atoms with Gasteiger partial charge in [0.05, 0.1) is 12.2 Å². The predicted molar refractivity (Wildman–Crippen MR) is 72.4 cm³/mol. The second-order valence-electron chi connectivity index (χ2n) is 5.18. The van der Waals surface area contributed by atoms with Crippen molar-refractivity contribution in [3.05, 3.63) is 48.0 Å². The molecule has 0 spiro atoms. The topological polar surface area (TPSA) is 29.5 Å². The molecule has 0 saturated carbocycles. The van der Waals surface area contributed by atoms with E-state index in [9.17, 15) is 5.11 Å². The van der Waals surface area contributed by atoms with Gasteiger partial charge in [0.1, 0.15) is 0 Å². The van der Waals surface area contributed by atoms with Gasteiger partial charge in [-0.15, -0.1) is 0 Å². The van der Waals surface area contributed by atoms with Crippen molar-refractivity contribution in [3.8, 4) is 0 Å². The van der Waals surface area contributed by atoms with Gasteiger partial charge in [0.2, 0.25) is 0 Å². The van der Waals surface area contributed by atoms with Gasteiger partial charge in [0.15, 0.2) is 0 Å². The van der Waals surface area contributed by atoms with Crippen LogP contribution < -0.4 is 0 Å². The minimum absolute atomic E-state index is 0.122. The van der Waals surface area contributed by atoms with E-state index < -0.39 is 5.60 Å². The minimum atomic E-state index is -0.765. The van der Waals surface area contributed by atoms with Gasteiger partial charge in [0.25, 0.3) is 0 Å². The highest BCUT2D eigenvalue weighted by Crippen LogP contribution is 2.39. The van der Waals surface area contributed by atoms with E-state index in [0.717, 1.165) is 10.9 Å². The Kier molecular flexibility index (Phi) is 2.84. The zero-order valence-electron chi connectivity index (χ0n) is 10.6. The van der Waals surface area contributed by atoms with Crippen LogP contribution in [0.3, 0.4) is 0 Å². The van der Waals surface area contributed by atoms with Crippen LogP contribution >= 0.6 is 0 Å². The van der Waals surface area contributed by atoms with Crippen LogP contribution in [-0.4, -0.2) is 18.3 Å². The molecule has 2 atom stereocenters. The minimum Gasteiger partial charge on any atom is -0.385 e. The quantitative estimate of drug-likeness (QED) is 0.832. The lowest BCUT2D eigenvalue weighted by Gasteiger charge is -2.39. The molecule has 0 bridgehead atoms. The van der Waals surface area contributed by atoms with Crippen molar-refractivity contribution in [2.24, 2.45) is 5.92 Å². The van der Waals surface area contributed by atoms with Gasteiger partial charge in [-0.05, 0) is 16.3 Å². The number of ether oxygens (including phenoxy) is 1. The molecule has 18 heavy (non-hydrogen) atoms. The zero-order chi connectivity index (χ0) is 12.6. The molecule has 2 aromatic carbocycles. The third-order valence-electron chi connectivity index (χ3n) is 4.07. The van der Waals surface area contributed by atoms with Gasteiger partial charge >= 0.3 is 0 Å². The Morgan fingerprint density at radius 2 is 1.94 bits per heavy atom. The van der Waals surface area contributed by atoms with Crippen LogP contribution in [0.1, 0.15) is 18.9 Å². The van der Waals surface area contributed by atoms with Crippen molar-refractivity contribution >= 4 is 10.8 Å². The number of fused-ring (bicyclic) bond motifs is 1. The lowest BCUT2D eigenvalue weighted by atomic mass is 9.77. The van der Waals surface area contributed by atoms with E-state index in [0.29, 0.717) is 19.6 Å². The summed E-state index contributed by atoms with van der Waals surface area (Å²) in [7, 11) is 0. The highest BCUT2D eigenvalue weighted by atomic mass is 16.5. The third-order valence-corrected chi connectivity index (χ3v) is 4.07. The van der Waals surface area contributed by atoms with Gasteiger partial charge < -0.3 is 9.84 Å². The average Bonchev–Trinajstić information content (AvgIpc) is 2.41. The Balaban J connectivity index is 2.19. The first-order valence-electron chi connectivity index (χ1n) is 6.50. The molecule has 1 aliphatic heterocycles. The molecule has 94 valence electrons. The van der Waals surface area contributed by atoms with Gasteiger partial charge in [-0.25, -0.2) is 0 Å². The maximum atomic E-state index is 11.0. The van der Waals surface area contributed by atoms with Crippen LogP contribution in [0.4, 0.5) is 0 Å². The summed E-state index contributed by atoms with van der Waals surface area (Å²) in [6, 6.07) is 14.4. The summed E-state index contributed by atoms with van der Waals surface area (Å²) >= 11 is 0. The summed E-state index contributed by atoms with van der Waals surface area (Å²) in [4.78, 5) is 0. The fourth-order valence-electron chi connectivity index (χ4n) is 2.88. The Morgan fingerprint density at radius 3 is 2.78 bits per heavy atom. The summed E-state index contributed by atoms with van der Waals surface area (Å²) in [5.41, 5.74) is 0.274. The standard InChI is InChI=1S/C16H18O2/c1-12-11-18-10-9-16(12,17)15-8-4-6-13-5-2-3-7-14(13)15/h2-8,12,17H,9-11H2,1H3. The molecule has 1 fully saturated rings. The predicted octanol–water partition coefficient (Wildman–Crippen LogP) is 3.08. The van der Waals surface area contributed by atoms with Crippen molar-refractivity contribution in [3.63, 3.8) is 0 Å². The molecule has 1 aliphatic rings. The number of aliphatic hydroxyl groups is 1. The highest BCUT2D eigenvalue weighted by Gasteiger charge is 2.39. The average molecular weight is 242 g/mol. The van der Waals surface area contributed by atoms with Crippen molar-refractivity contribution < 1.29 is 9.84 Å². The van der Waals surface area contributed by atoms with Crippen LogP contribution in [0.2, 0.25) is 0 Å². The molecule has 2 heteroatoms. The zero-order valence-corrected chi connectivity index (χ0v) is 10.6. The van der Waals surface area contributed by atoms with Crippen molar-refractivity contribution in [1.82, 2.24) is 0 Å². The summed E-state index contributed by atoms with van der Waals surface area (Å²) < 4.78 is 5.45. The largest absolute Gasteiger partial charge is 0.385 e. The highest BCUT2D eigenvalue weighted by molar-refractivity contribution is 5.86. The maximum Gasteiger partial charge on any atom is 0.0971 e. The monoisotopic (exact) mass is 242 g/mol. The molecule has 0 radical (unpaired) electrons. The molecule has 1 N–H and O–H groups in total. The van der Waals surface area contributed by atoms with Crippen LogP contribution in [0.5, 0.6) is 0 Å². The molecule has 1 heterocycles. The number of rotatable bonds is 1. The molecule has 2 aromatic rings. The van der Waals surface area contributed by atoms with Crippen LogP contribution in [0, 0.1) is 5.92 Å². The van der Waals surface area contributed by atoms with Crippen LogP contribution in [0.25, 0.3) is 10.8 Å². The van der Waals surface area contributed by atoms with Crippen molar-refractivity contribution in [2.75, 3.05) is 13.2 Å². The molecule has 2 nitrogen and oxygen atoms in total. The van der Waals surface area contributed by atoms with E-state index in [1.807, 2.05) is 24.3 Å². The Morgan fingerprint density at radius 1 is 1.17 bits per heavy atom. The Hall–Kier alpha value is -1.38. The molecule has 2 unspecified atom stereocenters. The first-order chi connectivity index (χ1) is 8.72. The number of hydrogen-bond acceptors (Lipinski definition) is 2. The fourth-order valence-corrected chi connectivity index (χ4v) is 2.88. The first-order valence-corrected chi connectivity index (χ1v) is 6.50. The van der Waals surface area contributed by atoms with Crippen LogP contribution in [0.15, 0.2) is 42.5 Å². The van der Waals surface area contributed by atoms with Gasteiger partial charge in [0, 0.05) is 18.9 Å². The van der Waals surface area contributed by atoms with Gasteiger partial charge in [-0.2, -0.15) is 0 Å². The van der Waals surface area contributed by atoms with Crippen LogP contribution in [-0.2, 0) is 10.3 Å². The maximum absolute atomic E-state index is 11.0. The SMILES string of the molecule is CC1COCCC1(O)c1cccc2ccccc12. The number of benzene rings is 2. The molecule has 0 aliphatic carbocycles. The first kappa shape index (κ1) is 11.7. The fraction of sp³-hybridized carbons (Fsp3) is 0.375. The van der Waals surface area contributed by atoms with E-state index in [4.69, 9.17) is 4.74 Å². The third kappa shape index (κ3) is 1.73. The molecule has 0 aromatic heterocycles. The smallest absolute Gasteiger partial charge is 0.0971 e. The Bertz CT molecular complexity index is 559. The lowest BCUT2D eigenvalue weighted by Crippen LogP contribution is -2.41. The molecular formula is C16H18O2. The van der Waals surface area contributed by atoms with Gasteiger partial charge in [-0.3, -0.25) is 0 Å². The summed E-state index contributed by atoms with van der Waals surface area (Å²) in [5.74, 6) is 0.122. The van der Waals surface area contributed by atoms with E-state index in [1.54, 1.807) is 0 Å². The summed E-state index contributed by atoms with van der Waals surface area (Å²) in [6.07, 6.45) is 0.669. The second kappa shape index (κ2) is 4.38. The Labute approximate surface area is 107 Å². The number of hydrogen-bond donors (Lipinski definition) is 1. The van der Waals surface area contributed by atoms with E-state index in [1.165, 1.54) is 5.39 Å². The molecular weight excluding hydrogens is 224 g/mol. The summed E-state index contributed by atoms with van der Waals surface area (Å²) in [5, 5.41) is 13.4. The van der Waals surface area contributed by atoms with E-state index >= 15 is 0 Å². The molecule has 0 amide bonds. The lowest BCUT2D eigenvalue weighted by molar-refractivity contribution is -0.110. The second-order valence-corrected chi connectivity index (χ2v) is 5.18. The van der Waals surface area contributed by atoms with Crippen molar-refractivity contribution in [1.29, 1.82) is 0 Å². The van der Waals surface area contributed by atoms with Gasteiger partial charge in [-0.1, -0.05) is 49.4 Å². The summed E-state index contributed by atoms with van der Waals surface area (Å²) in [6.45, 7) is 3.31. The molecule has 3 rings (SSSR count). The van der Waals surface area contributed by atoms with E-state index in [2.05, 4.69) is 25.1 Å². The van der Waals surface area contributed by atoms with Crippen molar-refractivity contribution in [2.45, 2.75) is 18.9 Å². The molecule has 1 saturated heterocycles. The van der Waals surface area contributed by atoms with E-state index in [-0.39, 0.29) is 5.92 Å².